The molecule has 0 unspecified atom stereocenters. The van der Waals surface area contributed by atoms with Crippen LogP contribution in [0.4, 0.5) is 0 Å². The predicted octanol–water partition coefficient (Wildman–Crippen LogP) is 2.17. The minimum absolute atomic E-state index is 0.404. The predicted molar refractivity (Wildman–Crippen MR) is 53.0 cm³/mol. The van der Waals surface area contributed by atoms with Crippen molar-refractivity contribution in [3.05, 3.63) is 12.2 Å². The number of hydrogen-bond donors (Lipinski definition) is 1. The van der Waals surface area contributed by atoms with Crippen molar-refractivity contribution >= 4 is 11.8 Å². The molecule has 78 valence electrons. The highest BCUT2D eigenvalue weighted by molar-refractivity contribution is 6.37. The van der Waals surface area contributed by atoms with Crippen LogP contribution in [0.25, 0.3) is 0 Å². The summed E-state index contributed by atoms with van der Waals surface area (Å²) in [6, 6.07) is 0. The molecule has 0 aliphatic heterocycles. The van der Waals surface area contributed by atoms with Gasteiger partial charge in [0.15, 0.2) is 0 Å². The molecule has 1 N–H and O–H groups in total. The van der Waals surface area contributed by atoms with Crippen LogP contribution in [-0.4, -0.2) is 16.9 Å². The van der Waals surface area contributed by atoms with Gasteiger partial charge in [-0.2, -0.15) is 0 Å². The fourth-order valence-electron chi connectivity index (χ4n) is 1.80. The van der Waals surface area contributed by atoms with Crippen LogP contribution in [0.1, 0.15) is 38.5 Å². The van der Waals surface area contributed by atoms with Gasteiger partial charge in [-0.25, -0.2) is 4.79 Å². The summed E-state index contributed by atoms with van der Waals surface area (Å²) in [7, 11) is 0. The number of ketones is 1. The molecule has 3 heteroatoms. The lowest BCUT2D eigenvalue weighted by Gasteiger charge is -2.06. The number of carbonyl (C=O) groups is 2. The smallest absolute Gasteiger partial charge is 0.376 e. The molecule has 1 aliphatic carbocycles. The zero-order valence-electron chi connectivity index (χ0n) is 8.24. The van der Waals surface area contributed by atoms with Gasteiger partial charge in [-0.15, -0.1) is 0 Å². The first-order valence-corrected chi connectivity index (χ1v) is 5.15. The molecule has 0 radical (unpaired) electrons. The van der Waals surface area contributed by atoms with Gasteiger partial charge in [0.1, 0.15) is 0 Å². The summed E-state index contributed by atoms with van der Waals surface area (Å²) in [6.07, 6.45) is 10.0. The topological polar surface area (TPSA) is 54.4 Å². The Bertz CT molecular complexity index is 235. The summed E-state index contributed by atoms with van der Waals surface area (Å²) in [4.78, 5) is 21.0. The number of hydrogen-bond acceptors (Lipinski definition) is 2. The van der Waals surface area contributed by atoms with E-state index in [-0.39, 0.29) is 0 Å². The van der Waals surface area contributed by atoms with Crippen LogP contribution in [0, 0.1) is 5.92 Å². The van der Waals surface area contributed by atoms with Crippen LogP contribution in [0.3, 0.4) is 0 Å². The SMILES string of the molecule is O=C(O)C(=O)/C=C/C1CCCCCC1. The van der Waals surface area contributed by atoms with Gasteiger partial charge < -0.3 is 5.11 Å². The summed E-state index contributed by atoms with van der Waals surface area (Å²) in [5.41, 5.74) is 0. The van der Waals surface area contributed by atoms with Crippen LogP contribution in [0.15, 0.2) is 12.2 Å². The van der Waals surface area contributed by atoms with E-state index in [9.17, 15) is 9.59 Å². The van der Waals surface area contributed by atoms with Crippen molar-refractivity contribution in [2.45, 2.75) is 38.5 Å². The number of allylic oxidation sites excluding steroid dienone is 1. The molecule has 1 fully saturated rings. The van der Waals surface area contributed by atoms with Gasteiger partial charge in [0.05, 0.1) is 0 Å². The first-order chi connectivity index (χ1) is 6.70. The largest absolute Gasteiger partial charge is 0.475 e. The molecule has 0 aromatic heterocycles. The third-order valence-electron chi connectivity index (χ3n) is 2.63. The van der Waals surface area contributed by atoms with E-state index >= 15 is 0 Å². The molecular weight excluding hydrogens is 180 g/mol. The van der Waals surface area contributed by atoms with Crippen molar-refractivity contribution in [1.29, 1.82) is 0 Å². The molecule has 0 heterocycles. The average Bonchev–Trinajstić information content (AvgIpc) is 2.42. The Kier molecular flexibility index (Phi) is 4.36. The maximum Gasteiger partial charge on any atom is 0.376 e. The van der Waals surface area contributed by atoms with E-state index in [0.717, 1.165) is 12.8 Å². The van der Waals surface area contributed by atoms with Crippen LogP contribution in [0.5, 0.6) is 0 Å². The fraction of sp³-hybridized carbons (Fsp3) is 0.636. The van der Waals surface area contributed by atoms with Gasteiger partial charge in [0.25, 0.3) is 5.78 Å². The highest BCUT2D eigenvalue weighted by Gasteiger charge is 2.11. The molecule has 0 saturated heterocycles. The second-order valence-corrected chi connectivity index (χ2v) is 3.78. The number of carboxylic acids is 1. The first kappa shape index (κ1) is 11.0. The molecule has 1 aliphatic rings. The maximum atomic E-state index is 10.8. The zero-order chi connectivity index (χ0) is 10.4. The van der Waals surface area contributed by atoms with Crippen LogP contribution < -0.4 is 0 Å². The van der Waals surface area contributed by atoms with Crippen LogP contribution in [-0.2, 0) is 9.59 Å². The van der Waals surface area contributed by atoms with E-state index in [1.165, 1.54) is 31.8 Å². The van der Waals surface area contributed by atoms with Crippen molar-refractivity contribution in [3.8, 4) is 0 Å². The Morgan fingerprint density at radius 2 is 1.64 bits per heavy atom. The lowest BCUT2D eigenvalue weighted by molar-refractivity contribution is -0.146. The lowest BCUT2D eigenvalue weighted by Crippen LogP contribution is -2.09. The van der Waals surface area contributed by atoms with E-state index in [1.54, 1.807) is 6.08 Å². The lowest BCUT2D eigenvalue weighted by atomic mass is 9.99. The monoisotopic (exact) mass is 196 g/mol. The summed E-state index contributed by atoms with van der Waals surface area (Å²) >= 11 is 0. The highest BCUT2D eigenvalue weighted by atomic mass is 16.4. The van der Waals surface area contributed by atoms with Crippen molar-refractivity contribution < 1.29 is 14.7 Å². The molecule has 0 atom stereocenters. The fourth-order valence-corrected chi connectivity index (χ4v) is 1.80. The molecule has 1 rings (SSSR count). The Morgan fingerprint density at radius 1 is 1.07 bits per heavy atom. The molecule has 0 aromatic carbocycles. The molecular formula is C11H16O3. The van der Waals surface area contributed by atoms with E-state index in [4.69, 9.17) is 5.11 Å². The zero-order valence-corrected chi connectivity index (χ0v) is 8.24. The Morgan fingerprint density at radius 3 is 2.14 bits per heavy atom. The number of aliphatic carboxylic acids is 1. The summed E-state index contributed by atoms with van der Waals surface area (Å²) in [6.45, 7) is 0. The molecule has 0 aromatic rings. The third-order valence-corrected chi connectivity index (χ3v) is 2.63. The standard InChI is InChI=1S/C11H16O3/c12-10(11(13)14)8-7-9-5-3-1-2-4-6-9/h7-9H,1-6H2,(H,13,14)/b8-7+. The van der Waals surface area contributed by atoms with Crippen LogP contribution >= 0.6 is 0 Å². The van der Waals surface area contributed by atoms with Crippen molar-refractivity contribution in [2.24, 2.45) is 5.92 Å². The highest BCUT2D eigenvalue weighted by Crippen LogP contribution is 2.23. The summed E-state index contributed by atoms with van der Waals surface area (Å²) < 4.78 is 0. The van der Waals surface area contributed by atoms with Crippen molar-refractivity contribution in [2.75, 3.05) is 0 Å². The number of carbonyl (C=O) groups excluding carboxylic acids is 1. The van der Waals surface area contributed by atoms with Gasteiger partial charge in [0, 0.05) is 0 Å². The third kappa shape index (κ3) is 3.73. The van der Waals surface area contributed by atoms with Gasteiger partial charge in [-0.1, -0.05) is 31.8 Å². The van der Waals surface area contributed by atoms with E-state index in [2.05, 4.69) is 0 Å². The van der Waals surface area contributed by atoms with E-state index < -0.39 is 11.8 Å². The van der Waals surface area contributed by atoms with Crippen molar-refractivity contribution in [1.82, 2.24) is 0 Å². The minimum Gasteiger partial charge on any atom is -0.475 e. The van der Waals surface area contributed by atoms with Gasteiger partial charge in [0.2, 0.25) is 0 Å². The molecule has 0 amide bonds. The van der Waals surface area contributed by atoms with Crippen LogP contribution in [0.2, 0.25) is 0 Å². The molecule has 14 heavy (non-hydrogen) atoms. The van der Waals surface area contributed by atoms with Gasteiger partial charge in [-0.05, 0) is 24.8 Å². The number of rotatable bonds is 3. The Hall–Kier alpha value is -1.12. The Balaban J connectivity index is 2.41. The minimum atomic E-state index is -1.37. The summed E-state index contributed by atoms with van der Waals surface area (Å²) in [5, 5.41) is 8.37. The Labute approximate surface area is 83.8 Å². The summed E-state index contributed by atoms with van der Waals surface area (Å²) in [5.74, 6) is -1.77. The molecule has 1 saturated carbocycles. The normalized spacial score (nSPS) is 19.4. The number of carboxylic acid groups (broad SMARTS) is 1. The first-order valence-electron chi connectivity index (χ1n) is 5.15. The second-order valence-electron chi connectivity index (χ2n) is 3.78. The van der Waals surface area contributed by atoms with E-state index in [0.29, 0.717) is 5.92 Å². The average molecular weight is 196 g/mol. The molecule has 0 spiro atoms. The van der Waals surface area contributed by atoms with Crippen molar-refractivity contribution in [3.63, 3.8) is 0 Å². The second kappa shape index (κ2) is 5.58. The molecule has 3 nitrogen and oxygen atoms in total. The van der Waals surface area contributed by atoms with E-state index in [1.807, 2.05) is 0 Å². The molecule has 0 bridgehead atoms. The van der Waals surface area contributed by atoms with Gasteiger partial charge in [-0.3, -0.25) is 4.79 Å². The maximum absolute atomic E-state index is 10.8. The van der Waals surface area contributed by atoms with Gasteiger partial charge >= 0.3 is 5.97 Å². The quantitative estimate of drug-likeness (QED) is 0.427.